The van der Waals surface area contributed by atoms with Crippen molar-refractivity contribution in [3.63, 3.8) is 0 Å². The summed E-state index contributed by atoms with van der Waals surface area (Å²) < 4.78 is 0. The summed E-state index contributed by atoms with van der Waals surface area (Å²) in [6, 6.07) is 14.7. The molecule has 1 aliphatic rings. The number of hydrogen-bond acceptors (Lipinski definition) is 1. The minimum Gasteiger partial charge on any atom is -0.295 e. The number of rotatable bonds is 3. The van der Waals surface area contributed by atoms with Crippen LogP contribution >= 0.6 is 0 Å². The van der Waals surface area contributed by atoms with Crippen molar-refractivity contribution < 1.29 is 4.79 Å². The van der Waals surface area contributed by atoms with Gasteiger partial charge in [-0.25, -0.2) is 0 Å². The van der Waals surface area contributed by atoms with Gasteiger partial charge in [-0.3, -0.25) is 4.79 Å². The number of carbonyl (C=O) groups excluding carboxylic acids is 1. The van der Waals surface area contributed by atoms with Crippen molar-refractivity contribution in [1.82, 2.24) is 0 Å². The molecule has 0 spiro atoms. The van der Waals surface area contributed by atoms with Crippen LogP contribution in [0.1, 0.15) is 30.5 Å². The van der Waals surface area contributed by atoms with Crippen LogP contribution < -0.4 is 0 Å². The van der Waals surface area contributed by atoms with Crippen molar-refractivity contribution in [3.05, 3.63) is 71.1 Å². The summed E-state index contributed by atoms with van der Waals surface area (Å²) in [5.41, 5.74) is 7.45. The number of ketones is 1. The fourth-order valence-electron chi connectivity index (χ4n) is 2.57. The summed E-state index contributed by atoms with van der Waals surface area (Å²) in [6.45, 7) is 5.52. The first-order chi connectivity index (χ1) is 10.6. The van der Waals surface area contributed by atoms with Gasteiger partial charge in [-0.05, 0) is 49.1 Å². The fourth-order valence-corrected chi connectivity index (χ4v) is 2.57. The first-order valence-electron chi connectivity index (χ1n) is 7.34. The summed E-state index contributed by atoms with van der Waals surface area (Å²) in [6.07, 6.45) is 1.93. The molecule has 0 N–H and O–H groups in total. The van der Waals surface area contributed by atoms with Crippen LogP contribution in [0, 0.1) is 25.2 Å². The largest absolute Gasteiger partial charge is 0.295 e. The average Bonchev–Trinajstić information content (AvgIpc) is 3.29. The first-order valence-corrected chi connectivity index (χ1v) is 7.34. The predicted octanol–water partition coefficient (Wildman–Crippen LogP) is 4.59. The quantitative estimate of drug-likeness (QED) is 0.754. The van der Waals surface area contributed by atoms with Crippen LogP contribution in [0.3, 0.4) is 0 Å². The second-order valence-corrected chi connectivity index (χ2v) is 5.53. The molecule has 0 unspecified atom stereocenters. The van der Waals surface area contributed by atoms with E-state index in [0.717, 1.165) is 27.8 Å². The Labute approximate surface area is 131 Å². The van der Waals surface area contributed by atoms with Crippen molar-refractivity contribution >= 4 is 11.4 Å². The zero-order valence-corrected chi connectivity index (χ0v) is 13.0. The zero-order valence-electron chi connectivity index (χ0n) is 13.0. The Hall–Kier alpha value is -2.59. The van der Waals surface area contributed by atoms with E-state index in [4.69, 9.17) is 0 Å². The number of benzene rings is 2. The molecule has 2 aromatic rings. The fraction of sp³-hybridized carbons (Fsp3) is 0.143. The van der Waals surface area contributed by atoms with Crippen molar-refractivity contribution in [1.29, 1.82) is 0 Å². The van der Waals surface area contributed by atoms with Gasteiger partial charge in [0.05, 0.1) is 0 Å². The molecule has 22 heavy (non-hydrogen) atoms. The highest BCUT2D eigenvalue weighted by Crippen LogP contribution is 2.41. The third-order valence-corrected chi connectivity index (χ3v) is 3.83. The van der Waals surface area contributed by atoms with Crippen LogP contribution in [0.2, 0.25) is 0 Å². The predicted molar refractivity (Wildman–Crippen MR) is 91.1 cm³/mol. The highest BCUT2D eigenvalue weighted by Gasteiger charge is 2.28. The van der Waals surface area contributed by atoms with E-state index < -0.39 is 0 Å². The van der Waals surface area contributed by atoms with E-state index in [1.807, 2.05) is 13.3 Å². The minimum absolute atomic E-state index is 0.119. The molecule has 0 saturated heterocycles. The molecule has 3 rings (SSSR count). The Bertz CT molecular complexity index is 840. The molecule has 0 aromatic heterocycles. The molecule has 0 saturated carbocycles. The van der Waals surface area contributed by atoms with Crippen LogP contribution in [0.25, 0.3) is 16.7 Å². The molecule has 0 heterocycles. The van der Waals surface area contributed by atoms with Crippen molar-refractivity contribution in [2.45, 2.75) is 20.8 Å². The zero-order chi connectivity index (χ0) is 15.7. The van der Waals surface area contributed by atoms with Crippen LogP contribution in [0.4, 0.5) is 0 Å². The average molecular weight is 285 g/mol. The molecule has 2 aromatic carbocycles. The van der Waals surface area contributed by atoms with Gasteiger partial charge >= 0.3 is 0 Å². The summed E-state index contributed by atoms with van der Waals surface area (Å²) in [5.74, 6) is 6.25. The van der Waals surface area contributed by atoms with Gasteiger partial charge in [0.1, 0.15) is 0 Å². The van der Waals surface area contributed by atoms with E-state index in [9.17, 15) is 4.79 Å². The molecule has 0 aliphatic heterocycles. The van der Waals surface area contributed by atoms with Gasteiger partial charge in [0.15, 0.2) is 5.78 Å². The number of hydrogen-bond donors (Lipinski definition) is 0. The van der Waals surface area contributed by atoms with Gasteiger partial charge in [0.2, 0.25) is 0 Å². The normalized spacial score (nSPS) is 12.7. The molecule has 1 nitrogen and oxygen atoms in total. The number of aryl methyl sites for hydroxylation is 1. The van der Waals surface area contributed by atoms with E-state index >= 15 is 0 Å². The van der Waals surface area contributed by atoms with Gasteiger partial charge in [0, 0.05) is 17.6 Å². The second kappa shape index (κ2) is 5.66. The monoisotopic (exact) mass is 285 g/mol. The van der Waals surface area contributed by atoms with Gasteiger partial charge in [-0.1, -0.05) is 47.9 Å². The maximum absolute atomic E-state index is 11.5. The lowest BCUT2D eigenvalue weighted by Gasteiger charge is -2.06. The molecule has 1 radical (unpaired) electrons. The molecule has 1 heteroatoms. The van der Waals surface area contributed by atoms with Crippen LogP contribution in [-0.4, -0.2) is 5.78 Å². The Morgan fingerprint density at radius 1 is 1.00 bits per heavy atom. The molecule has 0 atom stereocenters. The highest BCUT2D eigenvalue weighted by molar-refractivity contribution is 6.17. The lowest BCUT2D eigenvalue weighted by molar-refractivity contribution is -0.113. The topological polar surface area (TPSA) is 17.1 Å². The van der Waals surface area contributed by atoms with Gasteiger partial charge in [0.25, 0.3) is 0 Å². The summed E-state index contributed by atoms with van der Waals surface area (Å²) in [5, 5.41) is 0. The SMILES string of the molecule is CC#Cc1cc(-c2ccc(C)cc2)ccc1C1=C(C(C)=O)[CH]1. The van der Waals surface area contributed by atoms with E-state index in [1.54, 1.807) is 6.92 Å². The lowest BCUT2D eigenvalue weighted by atomic mass is 9.97. The number of carbonyl (C=O) groups is 1. The van der Waals surface area contributed by atoms with E-state index in [0.29, 0.717) is 0 Å². The second-order valence-electron chi connectivity index (χ2n) is 5.53. The third-order valence-electron chi connectivity index (χ3n) is 3.83. The smallest absolute Gasteiger partial charge is 0.156 e. The maximum Gasteiger partial charge on any atom is 0.156 e. The molecule has 1 aliphatic carbocycles. The standard InChI is InChI=1S/C21H17O/c1-4-5-18-12-17(16-8-6-14(2)7-9-16)10-11-19(18)21-13-20(21)15(3)22/h6-13H,1-3H3. The van der Waals surface area contributed by atoms with E-state index in [-0.39, 0.29) is 5.78 Å². The lowest BCUT2D eigenvalue weighted by Crippen LogP contribution is -1.87. The van der Waals surface area contributed by atoms with Crippen LogP contribution in [0.5, 0.6) is 0 Å². The molecule has 107 valence electrons. The van der Waals surface area contributed by atoms with Gasteiger partial charge in [-0.2, -0.15) is 0 Å². The maximum atomic E-state index is 11.5. The van der Waals surface area contributed by atoms with E-state index in [2.05, 4.69) is 61.2 Å². The Kier molecular flexibility index (Phi) is 3.69. The Morgan fingerprint density at radius 3 is 2.27 bits per heavy atom. The van der Waals surface area contributed by atoms with Crippen molar-refractivity contribution in [2.24, 2.45) is 0 Å². The van der Waals surface area contributed by atoms with E-state index in [1.165, 1.54) is 11.1 Å². The summed E-state index contributed by atoms with van der Waals surface area (Å²) in [4.78, 5) is 11.5. The molecule has 0 amide bonds. The highest BCUT2D eigenvalue weighted by atomic mass is 16.1. The van der Waals surface area contributed by atoms with Crippen molar-refractivity contribution in [3.8, 4) is 23.0 Å². The van der Waals surface area contributed by atoms with Crippen LogP contribution in [0.15, 0.2) is 48.0 Å². The Balaban J connectivity index is 2.06. The Morgan fingerprint density at radius 2 is 1.68 bits per heavy atom. The van der Waals surface area contributed by atoms with Gasteiger partial charge in [-0.15, -0.1) is 5.92 Å². The number of Topliss-reactive ketones (excluding diaryl/α,β-unsaturated/α-hetero) is 1. The first kappa shape index (κ1) is 14.4. The van der Waals surface area contributed by atoms with Gasteiger partial charge < -0.3 is 0 Å². The molecule has 0 bridgehead atoms. The summed E-state index contributed by atoms with van der Waals surface area (Å²) >= 11 is 0. The summed E-state index contributed by atoms with van der Waals surface area (Å²) in [7, 11) is 0. The van der Waals surface area contributed by atoms with Crippen molar-refractivity contribution in [2.75, 3.05) is 0 Å². The molecular formula is C21H17O. The minimum atomic E-state index is 0.119. The number of allylic oxidation sites excluding steroid dienone is 2. The molecule has 0 fully saturated rings. The third kappa shape index (κ3) is 2.73. The van der Waals surface area contributed by atoms with Crippen LogP contribution in [-0.2, 0) is 4.79 Å². The molecular weight excluding hydrogens is 268 g/mol.